The zero-order chi connectivity index (χ0) is 59.6. The van der Waals surface area contributed by atoms with Gasteiger partial charge in [-0.25, -0.2) is 9.78 Å². The molecule has 2 fully saturated rings. The predicted molar refractivity (Wildman–Crippen MR) is 295 cm³/mol. The number of carboxylic acids is 2. The highest BCUT2D eigenvalue weighted by molar-refractivity contribution is 5.98. The third-order valence-corrected chi connectivity index (χ3v) is 14.3. The third kappa shape index (κ3) is 18.1. The van der Waals surface area contributed by atoms with Gasteiger partial charge in [0.05, 0.1) is 12.4 Å². The highest BCUT2D eigenvalue weighted by Gasteiger charge is 2.41. The largest absolute Gasteiger partial charge is 0.508 e. The third-order valence-electron chi connectivity index (χ3n) is 14.3. The monoisotopic (exact) mass is 1140 g/mol. The Balaban J connectivity index is 1.21. The van der Waals surface area contributed by atoms with Crippen LogP contribution in [-0.4, -0.2) is 167 Å². The molecule has 3 heterocycles. The fourth-order valence-electron chi connectivity index (χ4n) is 9.96. The number of benzene rings is 3. The molecule has 0 spiro atoms. The summed E-state index contributed by atoms with van der Waals surface area (Å²) in [6.45, 7) is 5.17. The summed E-state index contributed by atoms with van der Waals surface area (Å²) in [4.78, 5) is 146. The molecule has 1 aromatic heterocycles. The summed E-state index contributed by atoms with van der Waals surface area (Å²) in [6.07, 6.45) is 3.04. The van der Waals surface area contributed by atoms with E-state index in [1.54, 1.807) is 62.5 Å². The number of carboxylic acid groups (broad SMARTS) is 2. The van der Waals surface area contributed by atoms with Crippen LogP contribution in [0.3, 0.4) is 0 Å². The molecule has 0 bridgehead atoms. The van der Waals surface area contributed by atoms with E-state index in [0.29, 0.717) is 35.2 Å². The molecule has 0 unspecified atom stereocenters. The summed E-state index contributed by atoms with van der Waals surface area (Å²) in [5, 5.41) is 55.1. The van der Waals surface area contributed by atoms with E-state index in [1.165, 1.54) is 59.4 Å². The molecule has 2 saturated heterocycles. The molecule has 9 atom stereocenters. The van der Waals surface area contributed by atoms with Crippen molar-refractivity contribution >= 4 is 59.2 Å². The van der Waals surface area contributed by atoms with Crippen LogP contribution < -0.4 is 37.6 Å². The molecule has 8 amide bonds. The predicted octanol–water partition coefficient (Wildman–Crippen LogP) is 0.325. The maximum absolute atomic E-state index is 14.8. The van der Waals surface area contributed by atoms with Crippen LogP contribution in [0.25, 0.3) is 0 Å². The standard InChI is InChI=1S/C57H73N11O14/c1-32(2)25-45(57(81)82)66-49(73)41(21-22-48(71)72)62-53(77)46-11-7-23-67(46)55(79)33(3)61-50(74)42(27-35-13-17-38(69)18-14-35)63-51(75)43(26-34-9-5-4-6-10-34)64-52(76)44(28-36-15-19-39(70)20-16-36)65-54(78)47-12-8-24-68(47)56(80)40(58)29-37-30-59-31-60-37/h4-6,9-10,13-20,30-33,40-47,69-70H,7-8,11-12,21-29,58H2,1-3H3,(H,59,60)(H,61,74)(H,62,77)(H,63,75)(H,64,76)(H,65,78)(H,66,73)(H,71,72)(H,81,82)/t33-,40-,41-,42-,43-,44-,45-,46-,47-/m0/s1. The SMILES string of the molecule is CC(C)C[C@H](NC(=O)[C@H](CCC(=O)O)NC(=O)[C@@H]1CCCN1C(=O)[C@H](C)NC(=O)[C@H](Cc1ccc(O)cc1)NC(=O)[C@H](Cc1ccccc1)NC(=O)[C@H](Cc1ccc(O)cc1)NC(=O)[C@@H]1CCCN1C(=O)[C@@H](N)Cc1cnc[nH]1)C(=O)O. The molecule has 25 nitrogen and oxygen atoms in total. The number of imidazole rings is 1. The molecule has 2 aliphatic rings. The van der Waals surface area contributed by atoms with Crippen molar-refractivity contribution < 1.29 is 68.4 Å². The average molecular weight is 1140 g/mol. The smallest absolute Gasteiger partial charge is 0.326 e. The Morgan fingerprint density at radius 1 is 0.585 bits per heavy atom. The van der Waals surface area contributed by atoms with E-state index in [0.717, 1.165) is 0 Å². The van der Waals surface area contributed by atoms with Gasteiger partial charge in [0, 0.05) is 57.1 Å². The van der Waals surface area contributed by atoms with Gasteiger partial charge in [0.1, 0.15) is 59.8 Å². The minimum atomic E-state index is -1.47. The van der Waals surface area contributed by atoms with E-state index in [1.807, 2.05) is 0 Å². The van der Waals surface area contributed by atoms with Crippen LogP contribution in [0.5, 0.6) is 11.5 Å². The lowest BCUT2D eigenvalue weighted by molar-refractivity contribution is -0.144. The number of phenols is 2. The molecule has 2 aliphatic heterocycles. The Kier molecular flexibility index (Phi) is 22.5. The van der Waals surface area contributed by atoms with Crippen molar-refractivity contribution in [2.24, 2.45) is 11.7 Å². The van der Waals surface area contributed by atoms with Gasteiger partial charge >= 0.3 is 11.9 Å². The molecule has 4 aromatic rings. The zero-order valence-electron chi connectivity index (χ0n) is 45.9. The Morgan fingerprint density at radius 3 is 1.51 bits per heavy atom. The van der Waals surface area contributed by atoms with Crippen LogP contribution in [0.4, 0.5) is 0 Å². The highest BCUT2D eigenvalue weighted by atomic mass is 16.4. The lowest BCUT2D eigenvalue weighted by Gasteiger charge is -2.30. The number of hydrogen-bond donors (Lipinski definition) is 12. The van der Waals surface area contributed by atoms with Crippen molar-refractivity contribution in [1.82, 2.24) is 51.7 Å². The molecule has 440 valence electrons. The number of aromatic amines is 1. The molecule has 25 heteroatoms. The first-order chi connectivity index (χ1) is 39.1. The topological polar surface area (TPSA) is 385 Å². The number of carbonyl (C=O) groups is 10. The van der Waals surface area contributed by atoms with Crippen LogP contribution in [0.2, 0.25) is 0 Å². The number of aromatic nitrogens is 2. The maximum Gasteiger partial charge on any atom is 0.326 e. The number of nitrogens with two attached hydrogens (primary N) is 1. The van der Waals surface area contributed by atoms with Crippen molar-refractivity contribution in [3.63, 3.8) is 0 Å². The van der Waals surface area contributed by atoms with Gasteiger partial charge in [0.2, 0.25) is 47.3 Å². The number of phenolic OH excluding ortho intramolecular Hbond substituents is 2. The molecule has 0 saturated carbocycles. The minimum absolute atomic E-state index is 0.0492. The summed E-state index contributed by atoms with van der Waals surface area (Å²) in [5.74, 6) is -8.93. The fraction of sp³-hybridized carbons (Fsp3) is 0.456. The summed E-state index contributed by atoms with van der Waals surface area (Å²) in [7, 11) is 0. The Labute approximate surface area is 473 Å². The second kappa shape index (κ2) is 29.6. The van der Waals surface area contributed by atoms with Crippen LogP contribution >= 0.6 is 0 Å². The van der Waals surface area contributed by atoms with Crippen LogP contribution in [0.15, 0.2) is 91.4 Å². The molecule has 3 aromatic carbocycles. The first-order valence-electron chi connectivity index (χ1n) is 27.3. The number of nitrogens with one attached hydrogen (secondary N) is 7. The summed E-state index contributed by atoms with van der Waals surface area (Å²) in [6, 6.07) is 8.86. The number of aliphatic carboxylic acids is 2. The normalized spacial score (nSPS) is 17.5. The molecule has 13 N–H and O–H groups in total. The van der Waals surface area contributed by atoms with E-state index < -0.39 is 120 Å². The van der Waals surface area contributed by atoms with Gasteiger partial charge in [-0.3, -0.25) is 43.2 Å². The number of aromatic hydroxyl groups is 2. The Morgan fingerprint density at radius 2 is 1.04 bits per heavy atom. The molecule has 6 rings (SSSR count). The lowest BCUT2D eigenvalue weighted by atomic mass is 10.0. The van der Waals surface area contributed by atoms with Crippen molar-refractivity contribution in [2.45, 2.75) is 146 Å². The molecular weight excluding hydrogens is 1060 g/mol. The van der Waals surface area contributed by atoms with E-state index >= 15 is 0 Å². The highest BCUT2D eigenvalue weighted by Crippen LogP contribution is 2.22. The Hall–Kier alpha value is -8.87. The summed E-state index contributed by atoms with van der Waals surface area (Å²) < 4.78 is 0. The number of H-pyrrole nitrogens is 1. The van der Waals surface area contributed by atoms with Crippen LogP contribution in [0, 0.1) is 5.92 Å². The molecule has 0 radical (unpaired) electrons. The van der Waals surface area contributed by atoms with Crippen molar-refractivity contribution in [2.75, 3.05) is 13.1 Å². The summed E-state index contributed by atoms with van der Waals surface area (Å²) in [5.41, 5.74) is 8.52. The summed E-state index contributed by atoms with van der Waals surface area (Å²) >= 11 is 0. The fourth-order valence-corrected chi connectivity index (χ4v) is 9.96. The van der Waals surface area contributed by atoms with E-state index in [9.17, 15) is 68.4 Å². The second-order valence-electron chi connectivity index (χ2n) is 21.1. The van der Waals surface area contributed by atoms with Crippen molar-refractivity contribution in [3.05, 3.63) is 114 Å². The van der Waals surface area contributed by atoms with Gasteiger partial charge in [0.15, 0.2) is 0 Å². The number of amides is 8. The van der Waals surface area contributed by atoms with Crippen molar-refractivity contribution in [1.29, 1.82) is 0 Å². The van der Waals surface area contributed by atoms with Gasteiger partial charge in [0.25, 0.3) is 0 Å². The molecular formula is C57H73N11O14. The van der Waals surface area contributed by atoms with Gasteiger partial charge in [-0.05, 0) is 92.3 Å². The number of carbonyl (C=O) groups excluding carboxylic acids is 8. The van der Waals surface area contributed by atoms with E-state index in [-0.39, 0.29) is 81.9 Å². The van der Waals surface area contributed by atoms with Gasteiger partial charge in [-0.1, -0.05) is 68.4 Å². The number of hydrogen-bond acceptors (Lipinski definition) is 14. The van der Waals surface area contributed by atoms with Crippen LogP contribution in [0.1, 0.15) is 88.1 Å². The van der Waals surface area contributed by atoms with Crippen molar-refractivity contribution in [3.8, 4) is 11.5 Å². The number of rotatable bonds is 28. The van der Waals surface area contributed by atoms with E-state index in [2.05, 4.69) is 41.9 Å². The first kappa shape index (κ1) is 62.3. The average Bonchev–Trinajstić information content (AvgIpc) is 4.31. The number of likely N-dealkylation sites (tertiary alicyclic amines) is 2. The second-order valence-corrected chi connectivity index (χ2v) is 21.1. The van der Waals surface area contributed by atoms with Crippen LogP contribution in [-0.2, 0) is 73.6 Å². The van der Waals surface area contributed by atoms with Gasteiger partial charge in [-0.15, -0.1) is 0 Å². The lowest BCUT2D eigenvalue weighted by Crippen LogP contribution is -2.60. The number of nitrogens with zero attached hydrogens (tertiary/aromatic N) is 3. The maximum atomic E-state index is 14.8. The Bertz CT molecular complexity index is 2870. The first-order valence-corrected chi connectivity index (χ1v) is 27.3. The molecule has 0 aliphatic carbocycles. The quantitative estimate of drug-likeness (QED) is 0.0364. The van der Waals surface area contributed by atoms with Gasteiger partial charge < -0.3 is 72.8 Å². The molecule has 82 heavy (non-hydrogen) atoms. The zero-order valence-corrected chi connectivity index (χ0v) is 45.9. The minimum Gasteiger partial charge on any atom is -0.508 e. The van der Waals surface area contributed by atoms with E-state index in [4.69, 9.17) is 5.73 Å². The van der Waals surface area contributed by atoms with Gasteiger partial charge in [-0.2, -0.15) is 0 Å².